The largest absolute Gasteiger partial charge is 0.380 e. The molecule has 0 bridgehead atoms. The molecule has 7 heteroatoms. The van der Waals surface area contributed by atoms with E-state index < -0.39 is 11.7 Å². The number of carbonyl (C=O) groups is 1. The van der Waals surface area contributed by atoms with Crippen molar-refractivity contribution in [3.05, 3.63) is 52.1 Å². The maximum atomic E-state index is 14.5. The van der Waals surface area contributed by atoms with Gasteiger partial charge in [0, 0.05) is 35.6 Å². The van der Waals surface area contributed by atoms with Crippen LogP contribution in [0.2, 0.25) is 5.02 Å². The lowest BCUT2D eigenvalue weighted by Gasteiger charge is -2.43. The smallest absolute Gasteiger partial charge is 0.267 e. The first-order chi connectivity index (χ1) is 12.8. The minimum Gasteiger partial charge on any atom is -0.380 e. The Labute approximate surface area is 162 Å². The number of halogens is 2. The first-order valence-electron chi connectivity index (χ1n) is 8.93. The molecule has 0 radical (unpaired) electrons. The third kappa shape index (κ3) is 3.57. The Balaban J connectivity index is 1.73. The van der Waals surface area contributed by atoms with Crippen LogP contribution in [0.3, 0.4) is 0 Å². The van der Waals surface area contributed by atoms with Gasteiger partial charge in [-0.05, 0) is 41.8 Å². The molecular weight excluding hydrogens is 369 g/mol. The molecule has 1 saturated heterocycles. The van der Waals surface area contributed by atoms with Crippen LogP contribution in [0, 0.1) is 11.2 Å². The summed E-state index contributed by atoms with van der Waals surface area (Å²) >= 11 is 5.89. The monoisotopic (exact) mass is 389 g/mol. The molecule has 0 spiro atoms. The molecular formula is C20H21ClFN3O2. The van der Waals surface area contributed by atoms with Crippen molar-refractivity contribution in [1.29, 1.82) is 0 Å². The van der Waals surface area contributed by atoms with Crippen LogP contribution in [-0.4, -0.2) is 42.1 Å². The number of primary amides is 1. The highest BCUT2D eigenvalue weighted by molar-refractivity contribution is 6.30. The number of nitrogens with zero attached hydrogens (tertiary/aromatic N) is 2. The van der Waals surface area contributed by atoms with Crippen molar-refractivity contribution in [3.63, 3.8) is 0 Å². The fraction of sp³-hybridized carbons (Fsp3) is 0.400. The summed E-state index contributed by atoms with van der Waals surface area (Å²) in [6, 6.07) is 6.14. The Morgan fingerprint density at radius 2 is 2.15 bits per heavy atom. The van der Waals surface area contributed by atoms with Crippen molar-refractivity contribution in [2.24, 2.45) is 11.1 Å². The number of ether oxygens (including phenoxy) is 1. The number of amides is 1. The van der Waals surface area contributed by atoms with Gasteiger partial charge in [0.1, 0.15) is 11.5 Å². The number of fused-ring (bicyclic) bond motifs is 1. The average Bonchev–Trinajstić information content (AvgIpc) is 2.59. The molecule has 0 aliphatic carbocycles. The molecule has 4 rings (SSSR count). The maximum absolute atomic E-state index is 14.5. The van der Waals surface area contributed by atoms with Gasteiger partial charge in [-0.3, -0.25) is 9.69 Å². The van der Waals surface area contributed by atoms with E-state index in [0.717, 1.165) is 44.0 Å². The molecule has 0 saturated carbocycles. The molecule has 0 unspecified atom stereocenters. The van der Waals surface area contributed by atoms with Crippen LogP contribution in [-0.2, 0) is 17.7 Å². The Morgan fingerprint density at radius 1 is 1.37 bits per heavy atom. The summed E-state index contributed by atoms with van der Waals surface area (Å²) in [6.07, 6.45) is 0.732. The van der Waals surface area contributed by atoms with E-state index in [9.17, 15) is 9.18 Å². The van der Waals surface area contributed by atoms with Gasteiger partial charge < -0.3 is 10.5 Å². The fourth-order valence-corrected chi connectivity index (χ4v) is 4.04. The Kier molecular flexibility index (Phi) is 4.66. The van der Waals surface area contributed by atoms with Crippen molar-refractivity contribution in [1.82, 2.24) is 9.88 Å². The van der Waals surface area contributed by atoms with Crippen molar-refractivity contribution < 1.29 is 13.9 Å². The molecule has 27 heavy (non-hydrogen) atoms. The van der Waals surface area contributed by atoms with E-state index >= 15 is 0 Å². The van der Waals surface area contributed by atoms with Gasteiger partial charge in [0.25, 0.3) is 5.91 Å². The number of pyridine rings is 1. The van der Waals surface area contributed by atoms with E-state index in [1.165, 1.54) is 6.07 Å². The van der Waals surface area contributed by atoms with Crippen LogP contribution in [0.25, 0.3) is 11.1 Å². The quantitative estimate of drug-likeness (QED) is 0.872. The molecule has 2 N–H and O–H groups in total. The van der Waals surface area contributed by atoms with Crippen molar-refractivity contribution in [3.8, 4) is 11.1 Å². The second-order valence-electron chi connectivity index (χ2n) is 7.73. The topological polar surface area (TPSA) is 68.5 Å². The lowest BCUT2D eigenvalue weighted by atomic mass is 9.86. The van der Waals surface area contributed by atoms with E-state index in [1.54, 1.807) is 18.2 Å². The van der Waals surface area contributed by atoms with Crippen LogP contribution in [0.4, 0.5) is 4.39 Å². The number of hydrogen-bond acceptors (Lipinski definition) is 4. The predicted molar refractivity (Wildman–Crippen MR) is 101 cm³/mol. The van der Waals surface area contributed by atoms with Gasteiger partial charge in [0.15, 0.2) is 0 Å². The van der Waals surface area contributed by atoms with Gasteiger partial charge in [0.2, 0.25) is 0 Å². The van der Waals surface area contributed by atoms with Gasteiger partial charge in [-0.2, -0.15) is 0 Å². The van der Waals surface area contributed by atoms with Crippen LogP contribution >= 0.6 is 11.6 Å². The number of aromatic nitrogens is 1. The van der Waals surface area contributed by atoms with Crippen LogP contribution in [0.1, 0.15) is 28.7 Å². The lowest BCUT2D eigenvalue weighted by molar-refractivity contribution is -0.116. The van der Waals surface area contributed by atoms with E-state index in [2.05, 4.69) is 16.8 Å². The maximum Gasteiger partial charge on any atom is 0.267 e. The van der Waals surface area contributed by atoms with Crippen LogP contribution in [0.5, 0.6) is 0 Å². The zero-order chi connectivity index (χ0) is 19.2. The van der Waals surface area contributed by atoms with Crippen molar-refractivity contribution in [2.45, 2.75) is 19.9 Å². The average molecular weight is 390 g/mol. The van der Waals surface area contributed by atoms with E-state index in [4.69, 9.17) is 22.1 Å². The Bertz CT molecular complexity index is 914. The van der Waals surface area contributed by atoms with Crippen LogP contribution < -0.4 is 5.73 Å². The molecule has 142 valence electrons. The predicted octanol–water partition coefficient (Wildman–Crippen LogP) is 3.03. The second-order valence-corrected chi connectivity index (χ2v) is 8.17. The highest BCUT2D eigenvalue weighted by atomic mass is 35.5. The second kappa shape index (κ2) is 6.86. The van der Waals surface area contributed by atoms with E-state index in [-0.39, 0.29) is 11.1 Å². The van der Waals surface area contributed by atoms with Crippen molar-refractivity contribution >= 4 is 17.5 Å². The summed E-state index contributed by atoms with van der Waals surface area (Å²) in [6.45, 7) is 6.07. The van der Waals surface area contributed by atoms with E-state index in [1.807, 2.05) is 0 Å². The SMILES string of the molecule is CC1(CN2CCc3c(-c4ccc(Cl)cc4F)cc(C(N)=O)nc3C2)COC1. The molecule has 1 aromatic carbocycles. The summed E-state index contributed by atoms with van der Waals surface area (Å²) in [5.41, 5.74) is 8.61. The Hall–Kier alpha value is -2.02. The summed E-state index contributed by atoms with van der Waals surface area (Å²) in [5.74, 6) is -1.04. The number of nitrogens with two attached hydrogens (primary N) is 1. The van der Waals surface area contributed by atoms with E-state index in [0.29, 0.717) is 22.7 Å². The standard InChI is InChI=1S/C20H21ClFN3O2/c1-20(10-27-11-20)9-25-5-4-14-15(13-3-2-12(21)6-16(13)22)7-17(19(23)26)24-18(14)8-25/h2-3,6-7H,4-5,8-11H2,1H3,(H2,23,26). The molecule has 2 aliphatic rings. The van der Waals surface area contributed by atoms with Crippen LogP contribution in [0.15, 0.2) is 24.3 Å². The molecule has 2 aromatic rings. The lowest BCUT2D eigenvalue weighted by Crippen LogP contribution is -2.49. The Morgan fingerprint density at radius 3 is 2.78 bits per heavy atom. The molecule has 2 aliphatic heterocycles. The summed E-state index contributed by atoms with van der Waals surface area (Å²) in [5, 5.41) is 0.330. The molecule has 5 nitrogen and oxygen atoms in total. The number of carbonyl (C=O) groups excluding carboxylic acids is 1. The molecule has 3 heterocycles. The first kappa shape index (κ1) is 18.3. The van der Waals surface area contributed by atoms with Gasteiger partial charge in [-0.15, -0.1) is 0 Å². The zero-order valence-corrected chi connectivity index (χ0v) is 15.9. The summed E-state index contributed by atoms with van der Waals surface area (Å²) in [7, 11) is 0. The normalized spacial score (nSPS) is 18.6. The van der Waals surface area contributed by atoms with Gasteiger partial charge in [-0.25, -0.2) is 9.37 Å². The third-order valence-corrected chi connectivity index (χ3v) is 5.48. The first-order valence-corrected chi connectivity index (χ1v) is 9.31. The number of benzene rings is 1. The minimum atomic E-state index is -0.620. The van der Waals surface area contributed by atoms with Gasteiger partial charge >= 0.3 is 0 Å². The highest BCUT2D eigenvalue weighted by Gasteiger charge is 2.36. The minimum absolute atomic E-state index is 0.151. The number of rotatable bonds is 4. The summed E-state index contributed by atoms with van der Waals surface area (Å²) in [4.78, 5) is 18.6. The number of hydrogen-bond donors (Lipinski definition) is 1. The zero-order valence-electron chi connectivity index (χ0n) is 15.1. The van der Waals surface area contributed by atoms with Gasteiger partial charge in [0.05, 0.1) is 18.9 Å². The van der Waals surface area contributed by atoms with Crippen molar-refractivity contribution in [2.75, 3.05) is 26.3 Å². The summed E-state index contributed by atoms with van der Waals surface area (Å²) < 4.78 is 19.9. The molecule has 1 aromatic heterocycles. The molecule has 1 amide bonds. The van der Waals surface area contributed by atoms with Gasteiger partial charge in [-0.1, -0.05) is 18.5 Å². The third-order valence-electron chi connectivity index (χ3n) is 5.24. The fourth-order valence-electron chi connectivity index (χ4n) is 3.89. The highest BCUT2D eigenvalue weighted by Crippen LogP contribution is 2.35. The molecule has 1 fully saturated rings. The molecule has 0 atom stereocenters.